The van der Waals surface area contributed by atoms with E-state index in [2.05, 4.69) is 15.5 Å². The standard InChI is InChI=1S/C9H14ClF2N5/c1-5(15-4-9(11,12)3-13)6-2-7(14)16-17-8(6)10/h2,5,15H,3-4,13H2,1H3,(H2,14,16). The van der Waals surface area contributed by atoms with Gasteiger partial charge in [0.05, 0.1) is 13.1 Å². The fourth-order valence-corrected chi connectivity index (χ4v) is 1.45. The van der Waals surface area contributed by atoms with E-state index in [0.717, 1.165) is 0 Å². The van der Waals surface area contributed by atoms with Crippen LogP contribution in [0.25, 0.3) is 0 Å². The summed E-state index contributed by atoms with van der Waals surface area (Å²) in [5.74, 6) is -2.77. The predicted octanol–water partition coefficient (Wildman–Crippen LogP) is 0.957. The van der Waals surface area contributed by atoms with Crippen LogP contribution < -0.4 is 16.8 Å². The molecule has 0 aromatic carbocycles. The zero-order chi connectivity index (χ0) is 13.1. The summed E-state index contributed by atoms with van der Waals surface area (Å²) in [7, 11) is 0. The third-order valence-corrected chi connectivity index (χ3v) is 2.52. The van der Waals surface area contributed by atoms with Gasteiger partial charge in [-0.1, -0.05) is 11.6 Å². The maximum Gasteiger partial charge on any atom is 0.272 e. The fourth-order valence-electron chi connectivity index (χ4n) is 1.20. The Morgan fingerprint density at radius 3 is 2.76 bits per heavy atom. The number of aromatic nitrogens is 2. The molecule has 8 heteroatoms. The van der Waals surface area contributed by atoms with Crippen molar-refractivity contribution in [3.05, 3.63) is 16.8 Å². The lowest BCUT2D eigenvalue weighted by atomic mass is 10.1. The molecule has 1 aromatic heterocycles. The van der Waals surface area contributed by atoms with Gasteiger partial charge in [0, 0.05) is 11.6 Å². The Labute approximate surface area is 103 Å². The highest BCUT2D eigenvalue weighted by atomic mass is 35.5. The first kappa shape index (κ1) is 14.0. The molecule has 0 bridgehead atoms. The maximum absolute atomic E-state index is 12.9. The molecular formula is C9H14ClF2N5. The van der Waals surface area contributed by atoms with Crippen LogP contribution in [-0.2, 0) is 0 Å². The van der Waals surface area contributed by atoms with Gasteiger partial charge >= 0.3 is 0 Å². The quantitative estimate of drug-likeness (QED) is 0.738. The number of nitrogens with two attached hydrogens (primary N) is 2. The van der Waals surface area contributed by atoms with Gasteiger partial charge in [-0.05, 0) is 13.0 Å². The van der Waals surface area contributed by atoms with Crippen molar-refractivity contribution in [1.82, 2.24) is 15.5 Å². The molecule has 0 saturated carbocycles. The minimum absolute atomic E-state index is 0.135. The molecule has 1 aromatic rings. The minimum Gasteiger partial charge on any atom is -0.382 e. The van der Waals surface area contributed by atoms with E-state index in [4.69, 9.17) is 23.1 Å². The smallest absolute Gasteiger partial charge is 0.272 e. The summed E-state index contributed by atoms with van der Waals surface area (Å²) in [6.07, 6.45) is 0. The van der Waals surface area contributed by atoms with Crippen molar-refractivity contribution in [2.45, 2.75) is 18.9 Å². The second-order valence-corrected chi connectivity index (χ2v) is 4.04. The number of hydrogen-bond donors (Lipinski definition) is 3. The SMILES string of the molecule is CC(NCC(F)(F)CN)c1cc(N)nnc1Cl. The van der Waals surface area contributed by atoms with E-state index in [0.29, 0.717) is 5.56 Å². The van der Waals surface area contributed by atoms with E-state index in [1.807, 2.05) is 0 Å². The lowest BCUT2D eigenvalue weighted by molar-refractivity contribution is 0.00958. The average Bonchev–Trinajstić information content (AvgIpc) is 2.29. The van der Waals surface area contributed by atoms with Crippen LogP contribution in [0.1, 0.15) is 18.5 Å². The zero-order valence-electron chi connectivity index (χ0n) is 9.25. The van der Waals surface area contributed by atoms with Gasteiger partial charge < -0.3 is 16.8 Å². The third kappa shape index (κ3) is 4.03. The molecule has 0 aliphatic heterocycles. The summed E-state index contributed by atoms with van der Waals surface area (Å²) >= 11 is 5.79. The number of nitrogen functional groups attached to an aromatic ring is 1. The summed E-state index contributed by atoms with van der Waals surface area (Å²) in [6, 6.07) is 1.07. The molecule has 1 rings (SSSR count). The van der Waals surface area contributed by atoms with Crippen molar-refractivity contribution in [3.63, 3.8) is 0 Å². The first-order valence-electron chi connectivity index (χ1n) is 4.95. The van der Waals surface area contributed by atoms with Gasteiger partial charge in [0.15, 0.2) is 5.15 Å². The van der Waals surface area contributed by atoms with Crippen LogP contribution in [0.3, 0.4) is 0 Å². The van der Waals surface area contributed by atoms with Gasteiger partial charge in [-0.25, -0.2) is 8.78 Å². The summed E-state index contributed by atoms with van der Waals surface area (Å²) in [4.78, 5) is 0. The monoisotopic (exact) mass is 265 g/mol. The van der Waals surface area contributed by atoms with E-state index in [1.165, 1.54) is 6.07 Å². The van der Waals surface area contributed by atoms with E-state index < -0.39 is 25.1 Å². The molecule has 5 N–H and O–H groups in total. The highest BCUT2D eigenvalue weighted by molar-refractivity contribution is 6.30. The first-order valence-corrected chi connectivity index (χ1v) is 5.33. The molecule has 0 spiro atoms. The van der Waals surface area contributed by atoms with Crippen molar-refractivity contribution < 1.29 is 8.78 Å². The van der Waals surface area contributed by atoms with E-state index in [9.17, 15) is 8.78 Å². The Kier molecular flexibility index (Phi) is 4.55. The number of hydrogen-bond acceptors (Lipinski definition) is 5. The van der Waals surface area contributed by atoms with E-state index >= 15 is 0 Å². The highest BCUT2D eigenvalue weighted by Gasteiger charge is 2.27. The number of nitrogens with one attached hydrogen (secondary N) is 1. The maximum atomic E-state index is 12.9. The number of nitrogens with zero attached hydrogens (tertiary/aromatic N) is 2. The molecule has 5 nitrogen and oxygen atoms in total. The first-order chi connectivity index (χ1) is 7.85. The van der Waals surface area contributed by atoms with Crippen molar-refractivity contribution in [2.24, 2.45) is 5.73 Å². The van der Waals surface area contributed by atoms with Gasteiger partial charge in [0.25, 0.3) is 5.92 Å². The number of anilines is 1. The Balaban J connectivity index is 2.70. The van der Waals surface area contributed by atoms with Crippen LogP contribution in [0.15, 0.2) is 6.07 Å². The summed E-state index contributed by atoms with van der Waals surface area (Å²) < 4.78 is 25.9. The molecule has 1 heterocycles. The molecule has 1 unspecified atom stereocenters. The number of alkyl halides is 2. The molecule has 0 fully saturated rings. The van der Waals surface area contributed by atoms with Crippen LogP contribution in [0, 0.1) is 0 Å². The zero-order valence-corrected chi connectivity index (χ0v) is 10.0. The molecule has 96 valence electrons. The van der Waals surface area contributed by atoms with E-state index in [-0.39, 0.29) is 11.0 Å². The molecule has 1 atom stereocenters. The normalized spacial score (nSPS) is 13.7. The number of rotatable bonds is 5. The van der Waals surface area contributed by atoms with Crippen molar-refractivity contribution in [3.8, 4) is 0 Å². The van der Waals surface area contributed by atoms with E-state index in [1.54, 1.807) is 6.92 Å². The molecule has 17 heavy (non-hydrogen) atoms. The van der Waals surface area contributed by atoms with Crippen molar-refractivity contribution in [2.75, 3.05) is 18.8 Å². The van der Waals surface area contributed by atoms with Crippen molar-refractivity contribution in [1.29, 1.82) is 0 Å². The van der Waals surface area contributed by atoms with Gasteiger partial charge in [-0.15, -0.1) is 10.2 Å². The number of halogens is 3. The summed E-state index contributed by atoms with van der Waals surface area (Å²) in [6.45, 7) is 0.426. The van der Waals surface area contributed by atoms with Gasteiger partial charge in [0.2, 0.25) is 0 Å². The molecule has 0 amide bonds. The predicted molar refractivity (Wildman–Crippen MR) is 61.9 cm³/mol. The van der Waals surface area contributed by atoms with Crippen LogP contribution in [0.5, 0.6) is 0 Å². The Morgan fingerprint density at radius 1 is 1.53 bits per heavy atom. The Morgan fingerprint density at radius 2 is 2.18 bits per heavy atom. The molecule has 0 radical (unpaired) electrons. The summed E-state index contributed by atoms with van der Waals surface area (Å²) in [5.41, 5.74) is 10.9. The van der Waals surface area contributed by atoms with Gasteiger partial charge in [-0.3, -0.25) is 0 Å². The second-order valence-electron chi connectivity index (χ2n) is 3.68. The Hall–Kier alpha value is -1.05. The largest absolute Gasteiger partial charge is 0.382 e. The van der Waals surface area contributed by atoms with Crippen molar-refractivity contribution >= 4 is 17.4 Å². The lowest BCUT2D eigenvalue weighted by Gasteiger charge is -2.19. The topological polar surface area (TPSA) is 89.8 Å². The van der Waals surface area contributed by atoms with Gasteiger partial charge in [-0.2, -0.15) is 0 Å². The second kappa shape index (κ2) is 5.52. The van der Waals surface area contributed by atoms with Crippen LogP contribution in [0.2, 0.25) is 5.15 Å². The van der Waals surface area contributed by atoms with Crippen LogP contribution in [-0.4, -0.2) is 29.2 Å². The Bertz CT molecular complexity index is 388. The molecule has 0 aliphatic rings. The molecular weight excluding hydrogens is 252 g/mol. The van der Waals surface area contributed by atoms with Gasteiger partial charge in [0.1, 0.15) is 5.82 Å². The summed E-state index contributed by atoms with van der Waals surface area (Å²) in [5, 5.41) is 9.90. The lowest BCUT2D eigenvalue weighted by Crippen LogP contribution is -2.40. The molecule has 0 saturated heterocycles. The molecule has 0 aliphatic carbocycles. The van der Waals surface area contributed by atoms with Crippen LogP contribution >= 0.6 is 11.6 Å². The third-order valence-electron chi connectivity index (χ3n) is 2.23. The van der Waals surface area contributed by atoms with Crippen LogP contribution in [0.4, 0.5) is 14.6 Å². The minimum atomic E-state index is -2.95. The highest BCUT2D eigenvalue weighted by Crippen LogP contribution is 2.22. The average molecular weight is 266 g/mol. The fraction of sp³-hybridized carbons (Fsp3) is 0.556.